The number of carbonyl (C=O) groups is 1. The van der Waals surface area contributed by atoms with E-state index in [4.69, 9.17) is 47.4 Å². The maximum atomic E-state index is 12.4. The first-order valence-electron chi connectivity index (χ1n) is 25.7. The summed E-state index contributed by atoms with van der Waals surface area (Å²) >= 11 is 0. The van der Waals surface area contributed by atoms with Gasteiger partial charge >= 0.3 is 5.97 Å². The predicted octanol–water partition coefficient (Wildman–Crippen LogP) is -5.05. The normalized spacial score (nSPS) is 44.6. The number of ether oxygens (including phenoxy) is 10. The first-order valence-corrected chi connectivity index (χ1v) is 25.7. The highest BCUT2D eigenvalue weighted by Crippen LogP contribution is 2.47. The summed E-state index contributed by atoms with van der Waals surface area (Å²) in [6.45, 7) is 5.25. The van der Waals surface area contributed by atoms with E-state index in [2.05, 4.69) is 6.08 Å². The monoisotopic (exact) mass is 1110 g/mol. The van der Waals surface area contributed by atoms with Gasteiger partial charge in [0.1, 0.15) is 110 Å². The van der Waals surface area contributed by atoms with Crippen molar-refractivity contribution < 1.29 is 134 Å². The third-order valence-corrected chi connectivity index (χ3v) is 14.8. The standard InChI is InChI=1S/C50H80O27/c1-20(2)8-6-9-21(3)10-7-11-50(5)14-23(12-22(4)31(50)24(55)13-30(57)58)69-49-44(77-45-36(63)32(59)25(56)19-68-45)39(66)41(28(17-53)73-49)74-48-40(67)43(76-46-37(64)34(61)27(16-52)71-46)42(29(18-54)72-48)75-47-38(65)35(62)33(60)26(15-51)70-47/h7-8,10-11,23-29,32-49,51-56,59-67H,6,9,12-19H2,1-5H3,(H,57,58). The van der Waals surface area contributed by atoms with Crippen LogP contribution in [0.3, 0.4) is 0 Å². The molecule has 5 aliphatic heterocycles. The highest BCUT2D eigenvalue weighted by atomic mass is 16.8. The van der Waals surface area contributed by atoms with Gasteiger partial charge in [0, 0.05) is 5.41 Å². The van der Waals surface area contributed by atoms with E-state index in [9.17, 15) is 86.5 Å². The highest BCUT2D eigenvalue weighted by molar-refractivity contribution is 5.68. The van der Waals surface area contributed by atoms with Crippen molar-refractivity contribution in [1.82, 2.24) is 0 Å². The molecule has 1 aliphatic carbocycles. The number of hydrogen-bond acceptors (Lipinski definition) is 26. The molecule has 6 rings (SSSR count). The van der Waals surface area contributed by atoms with E-state index in [1.54, 1.807) is 19.9 Å². The van der Waals surface area contributed by atoms with Gasteiger partial charge in [-0.3, -0.25) is 4.79 Å². The molecule has 5 fully saturated rings. The van der Waals surface area contributed by atoms with Crippen LogP contribution in [-0.4, -0.2) is 274 Å². The molecule has 442 valence electrons. The van der Waals surface area contributed by atoms with Crippen LogP contribution in [0.1, 0.15) is 66.7 Å². The molecule has 0 aromatic carbocycles. The lowest BCUT2D eigenvalue weighted by Gasteiger charge is -2.50. The minimum Gasteiger partial charge on any atom is -0.481 e. The fourth-order valence-corrected chi connectivity index (χ4v) is 10.7. The van der Waals surface area contributed by atoms with Gasteiger partial charge < -0.3 is 129 Å². The van der Waals surface area contributed by atoms with Crippen LogP contribution in [0.4, 0.5) is 0 Å². The number of aliphatic carboxylic acids is 1. The Bertz CT molecular complexity index is 2020. The lowest BCUT2D eigenvalue weighted by molar-refractivity contribution is -0.400. The summed E-state index contributed by atoms with van der Waals surface area (Å²) < 4.78 is 59.5. The molecule has 5 heterocycles. The number of rotatable bonds is 22. The van der Waals surface area contributed by atoms with Crippen LogP contribution in [0.15, 0.2) is 46.6 Å². The molecule has 0 radical (unpaired) electrons. The molecule has 0 aromatic rings. The van der Waals surface area contributed by atoms with E-state index < -0.39 is 204 Å². The van der Waals surface area contributed by atoms with Gasteiger partial charge in [0.05, 0.1) is 51.7 Å². The van der Waals surface area contributed by atoms with Crippen LogP contribution in [0.5, 0.6) is 0 Å². The Balaban J connectivity index is 1.32. The Morgan fingerprint density at radius 1 is 0.623 bits per heavy atom. The van der Waals surface area contributed by atoms with Crippen LogP contribution < -0.4 is 0 Å². The molecule has 26 unspecified atom stereocenters. The topological polar surface area (TPSA) is 433 Å². The SMILES string of the molecule is CC(C)=CCCC(C)=CC=CC1(C)CC(OC2OC(CO)C(OC3OC(CO)C(OC4OC(CO)C(O)C(O)C4O)C(OC4OC(CO)C(O)C4O)C3O)C(O)C2OC2OCC(O)C(O)C2O)CC(C)=C1C(O)CC(=O)O. The van der Waals surface area contributed by atoms with Crippen LogP contribution in [-0.2, 0) is 52.2 Å². The van der Waals surface area contributed by atoms with E-state index in [0.717, 1.165) is 18.4 Å². The minimum atomic E-state index is -2.18. The van der Waals surface area contributed by atoms with Crippen molar-refractivity contribution in [3.63, 3.8) is 0 Å². The Labute approximate surface area is 444 Å². The molecule has 0 bridgehead atoms. The van der Waals surface area contributed by atoms with Crippen LogP contribution in [0.2, 0.25) is 0 Å². The summed E-state index contributed by atoms with van der Waals surface area (Å²) in [5.41, 5.74) is 2.15. The third kappa shape index (κ3) is 14.9. The van der Waals surface area contributed by atoms with Gasteiger partial charge in [-0.1, -0.05) is 47.9 Å². The van der Waals surface area contributed by atoms with Crippen molar-refractivity contribution in [2.75, 3.05) is 33.0 Å². The van der Waals surface area contributed by atoms with Crippen molar-refractivity contribution in [2.45, 2.75) is 220 Å². The van der Waals surface area contributed by atoms with Gasteiger partial charge in [0.15, 0.2) is 31.5 Å². The Morgan fingerprint density at radius 2 is 1.13 bits per heavy atom. The molecule has 0 spiro atoms. The van der Waals surface area contributed by atoms with E-state index in [1.165, 1.54) is 5.57 Å². The summed E-state index contributed by atoms with van der Waals surface area (Å²) in [5, 5.41) is 172. The van der Waals surface area contributed by atoms with Gasteiger partial charge in [-0.2, -0.15) is 0 Å². The summed E-state index contributed by atoms with van der Waals surface area (Å²) in [6, 6.07) is 0. The number of hydrogen-bond donors (Lipinski definition) is 16. The molecule has 6 aliphatic rings. The van der Waals surface area contributed by atoms with Crippen molar-refractivity contribution in [3.05, 3.63) is 46.6 Å². The first-order chi connectivity index (χ1) is 36.4. The molecule has 27 nitrogen and oxygen atoms in total. The Kier molecular flexibility index (Phi) is 23.1. The van der Waals surface area contributed by atoms with Crippen molar-refractivity contribution >= 4 is 5.97 Å². The molecule has 27 heteroatoms. The zero-order chi connectivity index (χ0) is 56.8. The predicted molar refractivity (Wildman–Crippen MR) is 257 cm³/mol. The Morgan fingerprint density at radius 3 is 1.73 bits per heavy atom. The quantitative estimate of drug-likeness (QED) is 0.0356. The van der Waals surface area contributed by atoms with Gasteiger partial charge in [0.2, 0.25) is 0 Å². The molecule has 0 saturated carbocycles. The van der Waals surface area contributed by atoms with Crippen LogP contribution in [0.25, 0.3) is 0 Å². The zero-order valence-corrected chi connectivity index (χ0v) is 43.5. The van der Waals surface area contributed by atoms with Crippen LogP contribution >= 0.6 is 0 Å². The molecule has 0 aromatic heterocycles. The molecule has 16 N–H and O–H groups in total. The van der Waals surface area contributed by atoms with E-state index in [-0.39, 0.29) is 12.8 Å². The summed E-state index contributed by atoms with van der Waals surface area (Å²) in [4.78, 5) is 11.9. The lowest BCUT2D eigenvalue weighted by Crippen LogP contribution is -2.68. The number of aliphatic hydroxyl groups excluding tert-OH is 15. The van der Waals surface area contributed by atoms with Gasteiger partial charge in [0.25, 0.3) is 0 Å². The van der Waals surface area contributed by atoms with Crippen LogP contribution in [0, 0.1) is 5.41 Å². The number of carboxylic acids is 1. The van der Waals surface area contributed by atoms with Gasteiger partial charge in [-0.15, -0.1) is 0 Å². The van der Waals surface area contributed by atoms with E-state index >= 15 is 0 Å². The second kappa shape index (κ2) is 27.9. The molecule has 0 amide bonds. The third-order valence-electron chi connectivity index (χ3n) is 14.8. The van der Waals surface area contributed by atoms with Crippen molar-refractivity contribution in [3.8, 4) is 0 Å². The Hall–Kier alpha value is -2.57. The highest BCUT2D eigenvalue weighted by Gasteiger charge is 2.58. The average molecular weight is 1110 g/mol. The number of allylic oxidation sites excluding steroid dienone is 6. The largest absolute Gasteiger partial charge is 0.481 e. The van der Waals surface area contributed by atoms with E-state index in [0.29, 0.717) is 11.1 Å². The molecule has 5 saturated heterocycles. The molecular weight excluding hydrogens is 1030 g/mol. The van der Waals surface area contributed by atoms with E-state index in [1.807, 2.05) is 32.9 Å². The number of carboxylic acid groups (broad SMARTS) is 1. The van der Waals surface area contributed by atoms with Gasteiger partial charge in [-0.05, 0) is 59.0 Å². The van der Waals surface area contributed by atoms with Crippen molar-refractivity contribution in [1.29, 1.82) is 0 Å². The molecule has 26 atom stereocenters. The molecule has 77 heavy (non-hydrogen) atoms. The molecular formula is C50H80O27. The summed E-state index contributed by atoms with van der Waals surface area (Å²) in [5.74, 6) is -1.24. The second-order valence-electron chi connectivity index (χ2n) is 21.1. The fourth-order valence-electron chi connectivity index (χ4n) is 10.7. The maximum absolute atomic E-state index is 12.4. The smallest absolute Gasteiger partial charge is 0.306 e. The lowest BCUT2D eigenvalue weighted by atomic mass is 9.67. The van der Waals surface area contributed by atoms with Gasteiger partial charge in [-0.25, -0.2) is 0 Å². The number of aliphatic hydroxyl groups is 15. The van der Waals surface area contributed by atoms with Crippen molar-refractivity contribution in [2.24, 2.45) is 5.41 Å². The fraction of sp³-hybridized carbons (Fsp3) is 0.820. The minimum absolute atomic E-state index is 0.0702. The summed E-state index contributed by atoms with van der Waals surface area (Å²) in [7, 11) is 0. The second-order valence-corrected chi connectivity index (χ2v) is 21.1. The maximum Gasteiger partial charge on any atom is 0.306 e. The average Bonchev–Trinajstić information content (AvgIpc) is 3.64. The first kappa shape index (κ1) is 63.6. The zero-order valence-electron chi connectivity index (χ0n) is 43.5. The summed E-state index contributed by atoms with van der Waals surface area (Å²) in [6.07, 6.45) is -35.5.